The fraction of sp³-hybridized carbons (Fsp3) is 0.130. The van der Waals surface area contributed by atoms with Crippen LogP contribution in [0.15, 0.2) is 70.1 Å². The SMILES string of the molecule is Cc1ccc(-c2noc(-c3cccn(CC(=O)Nc4cc(F)ccc4C)c3=O)n2)cc1. The van der Waals surface area contributed by atoms with E-state index in [4.69, 9.17) is 4.52 Å². The second-order valence-electron chi connectivity index (χ2n) is 7.15. The highest BCUT2D eigenvalue weighted by atomic mass is 19.1. The molecule has 0 aliphatic heterocycles. The maximum Gasteiger partial charge on any atom is 0.263 e. The van der Waals surface area contributed by atoms with Gasteiger partial charge in [0, 0.05) is 17.4 Å². The molecule has 0 spiro atoms. The molecule has 4 rings (SSSR count). The Morgan fingerprint density at radius 1 is 1.13 bits per heavy atom. The summed E-state index contributed by atoms with van der Waals surface area (Å²) in [5.74, 6) is -0.486. The lowest BCUT2D eigenvalue weighted by Gasteiger charge is -2.10. The van der Waals surface area contributed by atoms with Gasteiger partial charge in [-0.2, -0.15) is 4.98 Å². The molecule has 31 heavy (non-hydrogen) atoms. The molecule has 0 aliphatic rings. The van der Waals surface area contributed by atoms with Gasteiger partial charge in [-0.1, -0.05) is 41.1 Å². The third kappa shape index (κ3) is 4.42. The van der Waals surface area contributed by atoms with Crippen LogP contribution in [0.1, 0.15) is 11.1 Å². The highest BCUT2D eigenvalue weighted by Crippen LogP contribution is 2.20. The summed E-state index contributed by atoms with van der Waals surface area (Å²) in [5, 5.41) is 6.57. The molecule has 4 aromatic rings. The van der Waals surface area contributed by atoms with Gasteiger partial charge in [0.1, 0.15) is 17.9 Å². The summed E-state index contributed by atoms with van der Waals surface area (Å²) in [4.78, 5) is 29.6. The van der Waals surface area contributed by atoms with Crippen LogP contribution in [-0.4, -0.2) is 20.6 Å². The highest BCUT2D eigenvalue weighted by Gasteiger charge is 2.16. The fourth-order valence-electron chi connectivity index (χ4n) is 3.05. The van der Waals surface area contributed by atoms with E-state index in [9.17, 15) is 14.0 Å². The Morgan fingerprint density at radius 3 is 2.68 bits per heavy atom. The molecule has 8 heteroatoms. The molecule has 0 atom stereocenters. The van der Waals surface area contributed by atoms with Crippen molar-refractivity contribution in [2.75, 3.05) is 5.32 Å². The number of rotatable bonds is 5. The van der Waals surface area contributed by atoms with E-state index in [2.05, 4.69) is 15.5 Å². The van der Waals surface area contributed by atoms with E-state index in [1.165, 1.54) is 22.9 Å². The first-order valence-corrected chi connectivity index (χ1v) is 9.57. The van der Waals surface area contributed by atoms with E-state index in [1.807, 2.05) is 31.2 Å². The molecule has 0 radical (unpaired) electrons. The summed E-state index contributed by atoms with van der Waals surface area (Å²) < 4.78 is 20.0. The number of aryl methyl sites for hydroxylation is 2. The minimum Gasteiger partial charge on any atom is -0.333 e. The summed E-state index contributed by atoms with van der Waals surface area (Å²) in [6.07, 6.45) is 1.49. The molecule has 0 saturated heterocycles. The minimum atomic E-state index is -0.459. The van der Waals surface area contributed by atoms with Crippen LogP contribution in [-0.2, 0) is 11.3 Å². The van der Waals surface area contributed by atoms with E-state index in [-0.39, 0.29) is 18.0 Å². The average Bonchev–Trinajstić information content (AvgIpc) is 3.23. The summed E-state index contributed by atoms with van der Waals surface area (Å²) in [5.41, 5.74) is 2.67. The molecule has 1 amide bonds. The summed E-state index contributed by atoms with van der Waals surface area (Å²) in [6, 6.07) is 14.9. The zero-order chi connectivity index (χ0) is 22.0. The largest absolute Gasteiger partial charge is 0.333 e. The molecule has 0 bridgehead atoms. The van der Waals surface area contributed by atoms with Crippen molar-refractivity contribution in [1.29, 1.82) is 0 Å². The number of pyridine rings is 1. The lowest BCUT2D eigenvalue weighted by Crippen LogP contribution is -2.28. The molecular formula is C23H19FN4O3. The number of carbonyl (C=O) groups excluding carboxylic acids is 1. The van der Waals surface area contributed by atoms with Crippen molar-refractivity contribution in [3.8, 4) is 22.8 Å². The molecule has 2 aromatic heterocycles. The highest BCUT2D eigenvalue weighted by molar-refractivity contribution is 5.91. The standard InChI is InChI=1S/C23H19FN4O3/c1-14-5-8-16(9-6-14)21-26-22(31-27-21)18-4-3-11-28(23(18)30)13-20(29)25-19-12-17(24)10-7-15(19)2/h3-12H,13H2,1-2H3,(H,25,29). The van der Waals surface area contributed by atoms with Gasteiger partial charge >= 0.3 is 0 Å². The Kier molecular flexibility index (Phi) is 5.44. The van der Waals surface area contributed by atoms with E-state index in [0.717, 1.165) is 11.1 Å². The van der Waals surface area contributed by atoms with Gasteiger partial charge in [0.25, 0.3) is 11.4 Å². The summed E-state index contributed by atoms with van der Waals surface area (Å²) in [7, 11) is 0. The van der Waals surface area contributed by atoms with Crippen LogP contribution in [0.3, 0.4) is 0 Å². The molecule has 7 nitrogen and oxygen atoms in total. The molecular weight excluding hydrogens is 399 g/mol. The third-order valence-corrected chi connectivity index (χ3v) is 4.77. The molecule has 0 saturated carbocycles. The average molecular weight is 418 g/mol. The van der Waals surface area contributed by atoms with Crippen molar-refractivity contribution in [3.05, 3.63) is 88.1 Å². The predicted octanol–water partition coefficient (Wildman–Crippen LogP) is 3.96. The summed E-state index contributed by atoms with van der Waals surface area (Å²) >= 11 is 0. The minimum absolute atomic E-state index is 0.0660. The zero-order valence-electron chi connectivity index (χ0n) is 16.9. The summed E-state index contributed by atoms with van der Waals surface area (Å²) in [6.45, 7) is 3.48. The molecule has 0 aliphatic carbocycles. The van der Waals surface area contributed by atoms with Crippen LogP contribution < -0.4 is 10.9 Å². The molecule has 1 N–H and O–H groups in total. The van der Waals surface area contributed by atoms with Crippen molar-refractivity contribution in [2.45, 2.75) is 20.4 Å². The van der Waals surface area contributed by atoms with Crippen molar-refractivity contribution in [1.82, 2.24) is 14.7 Å². The van der Waals surface area contributed by atoms with Crippen LogP contribution in [0.5, 0.6) is 0 Å². The van der Waals surface area contributed by atoms with E-state index >= 15 is 0 Å². The van der Waals surface area contributed by atoms with Gasteiger partial charge in [0.2, 0.25) is 11.7 Å². The number of hydrogen-bond donors (Lipinski definition) is 1. The Balaban J connectivity index is 1.56. The second kappa shape index (κ2) is 8.35. The Labute approximate surface area is 177 Å². The van der Waals surface area contributed by atoms with Gasteiger partial charge in [-0.3, -0.25) is 9.59 Å². The molecule has 0 unspecified atom stereocenters. The van der Waals surface area contributed by atoms with Gasteiger partial charge < -0.3 is 14.4 Å². The number of halogens is 1. The van der Waals surface area contributed by atoms with E-state index in [1.54, 1.807) is 25.1 Å². The first-order chi connectivity index (χ1) is 14.9. The maximum atomic E-state index is 13.4. The van der Waals surface area contributed by atoms with Gasteiger partial charge in [0.05, 0.1) is 0 Å². The Hall–Kier alpha value is -4.07. The Bertz CT molecular complexity index is 1310. The van der Waals surface area contributed by atoms with E-state index in [0.29, 0.717) is 17.1 Å². The van der Waals surface area contributed by atoms with Crippen molar-refractivity contribution in [2.24, 2.45) is 0 Å². The first kappa shape index (κ1) is 20.2. The number of nitrogens with zero attached hydrogens (tertiary/aromatic N) is 3. The number of aromatic nitrogens is 3. The van der Waals surface area contributed by atoms with Crippen molar-refractivity contribution in [3.63, 3.8) is 0 Å². The molecule has 2 heterocycles. The quantitative estimate of drug-likeness (QED) is 0.530. The van der Waals surface area contributed by atoms with Crippen LogP contribution in [0.25, 0.3) is 22.8 Å². The predicted molar refractivity (Wildman–Crippen MR) is 114 cm³/mol. The molecule has 2 aromatic carbocycles. The van der Waals surface area contributed by atoms with Crippen LogP contribution in [0.4, 0.5) is 10.1 Å². The topological polar surface area (TPSA) is 90.0 Å². The van der Waals surface area contributed by atoms with Crippen LogP contribution >= 0.6 is 0 Å². The van der Waals surface area contributed by atoms with Crippen LogP contribution in [0.2, 0.25) is 0 Å². The van der Waals surface area contributed by atoms with E-state index < -0.39 is 17.3 Å². The number of amides is 1. The normalized spacial score (nSPS) is 10.8. The number of anilines is 1. The van der Waals surface area contributed by atoms with Crippen molar-refractivity contribution < 1.29 is 13.7 Å². The first-order valence-electron chi connectivity index (χ1n) is 9.57. The second-order valence-corrected chi connectivity index (χ2v) is 7.15. The zero-order valence-corrected chi connectivity index (χ0v) is 16.9. The van der Waals surface area contributed by atoms with Crippen LogP contribution in [0, 0.1) is 19.7 Å². The number of benzene rings is 2. The maximum absolute atomic E-state index is 13.4. The Morgan fingerprint density at radius 2 is 1.90 bits per heavy atom. The molecule has 156 valence electrons. The fourth-order valence-corrected chi connectivity index (χ4v) is 3.05. The number of hydrogen-bond acceptors (Lipinski definition) is 5. The lowest BCUT2D eigenvalue weighted by atomic mass is 10.1. The number of nitrogens with one attached hydrogen (secondary N) is 1. The van der Waals surface area contributed by atoms with Gasteiger partial charge in [0.15, 0.2) is 0 Å². The number of carbonyl (C=O) groups is 1. The lowest BCUT2D eigenvalue weighted by molar-refractivity contribution is -0.116. The van der Waals surface area contributed by atoms with Gasteiger partial charge in [-0.15, -0.1) is 0 Å². The van der Waals surface area contributed by atoms with Gasteiger partial charge in [-0.05, 0) is 43.7 Å². The molecule has 0 fully saturated rings. The smallest absolute Gasteiger partial charge is 0.263 e. The monoisotopic (exact) mass is 418 g/mol. The third-order valence-electron chi connectivity index (χ3n) is 4.77. The van der Waals surface area contributed by atoms with Crippen molar-refractivity contribution >= 4 is 11.6 Å². The van der Waals surface area contributed by atoms with Gasteiger partial charge in [-0.25, -0.2) is 4.39 Å².